The van der Waals surface area contributed by atoms with E-state index in [4.69, 9.17) is 0 Å². The molecule has 0 aliphatic rings. The number of nitrogens with one attached hydrogen (secondary N) is 2. The minimum absolute atomic E-state index is 0.220. The Kier molecular flexibility index (Phi) is 3.33. The predicted octanol–water partition coefficient (Wildman–Crippen LogP) is 1.15. The maximum atomic E-state index is 11.6. The van der Waals surface area contributed by atoms with E-state index in [9.17, 15) is 4.79 Å². The summed E-state index contributed by atoms with van der Waals surface area (Å²) in [6, 6.07) is -0.530. The molecule has 0 aromatic carbocycles. The Labute approximate surface area is 102 Å². The van der Waals surface area contributed by atoms with Crippen LogP contribution in [-0.4, -0.2) is 25.8 Å². The fraction of sp³-hybridized carbons (Fsp3) is 0.333. The fourth-order valence-electron chi connectivity index (χ4n) is 1.36. The molecule has 2 N–H and O–H groups in total. The van der Waals surface area contributed by atoms with Crippen LogP contribution in [-0.2, 0) is 7.05 Å². The number of rotatable bonds is 3. The zero-order chi connectivity index (χ0) is 12.3. The summed E-state index contributed by atoms with van der Waals surface area (Å²) in [5.74, 6) is 0.694. The molecule has 0 radical (unpaired) electrons. The largest absolute Gasteiger partial charge is 0.328 e. The summed E-state index contributed by atoms with van der Waals surface area (Å²) in [5.41, 5.74) is 0. The van der Waals surface area contributed by atoms with Gasteiger partial charge in [-0.15, -0.1) is 21.5 Å². The fourth-order valence-corrected chi connectivity index (χ4v) is 1.89. The molecule has 2 heterocycles. The van der Waals surface area contributed by atoms with Crippen molar-refractivity contribution in [3.8, 4) is 0 Å². The molecule has 0 spiro atoms. The molecule has 0 unspecified atom stereocenters. The lowest BCUT2D eigenvalue weighted by Gasteiger charge is -2.12. The minimum Gasteiger partial charge on any atom is -0.328 e. The highest BCUT2D eigenvalue weighted by Crippen LogP contribution is 2.11. The van der Waals surface area contributed by atoms with E-state index in [0.29, 0.717) is 11.0 Å². The number of thiazole rings is 1. The van der Waals surface area contributed by atoms with E-state index in [-0.39, 0.29) is 12.1 Å². The number of nitrogens with zero attached hydrogens (tertiary/aromatic N) is 4. The third-order valence-corrected chi connectivity index (χ3v) is 2.82. The van der Waals surface area contributed by atoms with Crippen molar-refractivity contribution in [1.29, 1.82) is 0 Å². The highest BCUT2D eigenvalue weighted by atomic mass is 32.1. The monoisotopic (exact) mass is 252 g/mol. The Morgan fingerprint density at radius 1 is 1.59 bits per heavy atom. The Bertz CT molecular complexity index is 493. The van der Waals surface area contributed by atoms with Crippen molar-refractivity contribution in [1.82, 2.24) is 25.1 Å². The molecule has 8 heteroatoms. The molecule has 2 amide bonds. The molecule has 7 nitrogen and oxygen atoms in total. The average Bonchev–Trinajstić information content (AvgIpc) is 2.88. The first-order valence-electron chi connectivity index (χ1n) is 4.97. The summed E-state index contributed by atoms with van der Waals surface area (Å²) in [6.07, 6.45) is 3.22. The smallest absolute Gasteiger partial charge is 0.321 e. The number of carbonyl (C=O) groups excluding carboxylic acids is 1. The molecule has 0 fully saturated rings. The van der Waals surface area contributed by atoms with Gasteiger partial charge in [0.1, 0.15) is 6.33 Å². The van der Waals surface area contributed by atoms with Gasteiger partial charge in [-0.1, -0.05) is 0 Å². The van der Waals surface area contributed by atoms with Crippen LogP contribution < -0.4 is 10.6 Å². The topological polar surface area (TPSA) is 84.7 Å². The van der Waals surface area contributed by atoms with E-state index in [1.165, 1.54) is 11.3 Å². The zero-order valence-corrected chi connectivity index (χ0v) is 10.2. The standard InChI is InChI=1S/C9H12N6OS/c1-6(7-14-11-5-15(7)2)12-8(16)13-9-10-3-4-17-9/h3-6H,1-2H3,(H2,10,12,13,16)/t6-/m0/s1. The number of hydrogen-bond donors (Lipinski definition) is 2. The van der Waals surface area contributed by atoms with Gasteiger partial charge in [-0.3, -0.25) is 5.32 Å². The molecular weight excluding hydrogens is 240 g/mol. The summed E-state index contributed by atoms with van der Waals surface area (Å²) in [6.45, 7) is 1.84. The van der Waals surface area contributed by atoms with E-state index in [1.54, 1.807) is 22.5 Å². The quantitative estimate of drug-likeness (QED) is 0.858. The maximum Gasteiger partial charge on any atom is 0.321 e. The third kappa shape index (κ3) is 2.78. The number of aromatic nitrogens is 4. The van der Waals surface area contributed by atoms with Crippen LogP contribution in [0.5, 0.6) is 0 Å². The Hall–Kier alpha value is -1.96. The number of urea groups is 1. The maximum absolute atomic E-state index is 11.6. The van der Waals surface area contributed by atoms with Crippen LogP contribution in [0, 0.1) is 0 Å². The Morgan fingerprint density at radius 3 is 3.00 bits per heavy atom. The molecule has 2 aromatic heterocycles. The average molecular weight is 252 g/mol. The summed E-state index contributed by atoms with van der Waals surface area (Å²) in [4.78, 5) is 15.6. The van der Waals surface area contributed by atoms with Crippen molar-refractivity contribution < 1.29 is 4.79 Å². The van der Waals surface area contributed by atoms with E-state index in [0.717, 1.165) is 0 Å². The summed E-state index contributed by atoms with van der Waals surface area (Å²) >= 11 is 1.36. The second-order valence-corrected chi connectivity index (χ2v) is 4.35. The van der Waals surface area contributed by atoms with Crippen molar-refractivity contribution in [2.24, 2.45) is 7.05 Å². The third-order valence-electron chi connectivity index (χ3n) is 2.13. The van der Waals surface area contributed by atoms with Crippen LogP contribution in [0.2, 0.25) is 0 Å². The SMILES string of the molecule is C[C@H](NC(=O)Nc1nccs1)c1nncn1C. The Morgan fingerprint density at radius 2 is 2.41 bits per heavy atom. The normalized spacial score (nSPS) is 12.1. The van der Waals surface area contributed by atoms with Crippen LogP contribution in [0.15, 0.2) is 17.9 Å². The second kappa shape index (κ2) is 4.91. The first-order valence-corrected chi connectivity index (χ1v) is 5.85. The van der Waals surface area contributed by atoms with Gasteiger partial charge in [0.05, 0.1) is 6.04 Å². The van der Waals surface area contributed by atoms with Crippen LogP contribution in [0.1, 0.15) is 18.8 Å². The van der Waals surface area contributed by atoms with Crippen molar-refractivity contribution in [3.05, 3.63) is 23.7 Å². The van der Waals surface area contributed by atoms with Crippen LogP contribution >= 0.6 is 11.3 Å². The molecule has 1 atom stereocenters. The van der Waals surface area contributed by atoms with Crippen LogP contribution in [0.3, 0.4) is 0 Å². The van der Waals surface area contributed by atoms with Gasteiger partial charge in [0, 0.05) is 18.6 Å². The van der Waals surface area contributed by atoms with E-state index < -0.39 is 0 Å². The van der Waals surface area contributed by atoms with Gasteiger partial charge in [0.2, 0.25) is 0 Å². The number of aryl methyl sites for hydroxylation is 1. The number of anilines is 1. The van der Waals surface area contributed by atoms with E-state index in [1.807, 2.05) is 14.0 Å². The lowest BCUT2D eigenvalue weighted by atomic mass is 10.3. The van der Waals surface area contributed by atoms with Crippen molar-refractivity contribution in [2.75, 3.05) is 5.32 Å². The van der Waals surface area contributed by atoms with Gasteiger partial charge in [0.15, 0.2) is 11.0 Å². The first kappa shape index (κ1) is 11.5. The Balaban J connectivity index is 1.93. The lowest BCUT2D eigenvalue weighted by Crippen LogP contribution is -2.32. The van der Waals surface area contributed by atoms with Gasteiger partial charge in [0.25, 0.3) is 0 Å². The number of carbonyl (C=O) groups is 1. The number of amides is 2. The first-order chi connectivity index (χ1) is 8.16. The zero-order valence-electron chi connectivity index (χ0n) is 9.41. The van der Waals surface area contributed by atoms with Crippen molar-refractivity contribution in [2.45, 2.75) is 13.0 Å². The van der Waals surface area contributed by atoms with Gasteiger partial charge in [-0.05, 0) is 6.92 Å². The molecule has 2 aromatic rings. The summed E-state index contributed by atoms with van der Waals surface area (Å²) < 4.78 is 1.76. The molecule has 0 aliphatic heterocycles. The minimum atomic E-state index is -0.310. The molecule has 0 bridgehead atoms. The molecule has 17 heavy (non-hydrogen) atoms. The molecular formula is C9H12N6OS. The van der Waals surface area contributed by atoms with Crippen LogP contribution in [0.4, 0.5) is 9.93 Å². The van der Waals surface area contributed by atoms with Gasteiger partial charge >= 0.3 is 6.03 Å². The molecule has 90 valence electrons. The predicted molar refractivity (Wildman–Crippen MR) is 63.7 cm³/mol. The molecule has 0 saturated carbocycles. The molecule has 0 aliphatic carbocycles. The number of hydrogen-bond acceptors (Lipinski definition) is 5. The van der Waals surface area contributed by atoms with E-state index >= 15 is 0 Å². The van der Waals surface area contributed by atoms with Gasteiger partial charge in [-0.2, -0.15) is 0 Å². The van der Waals surface area contributed by atoms with Gasteiger partial charge in [-0.25, -0.2) is 9.78 Å². The molecule has 2 rings (SSSR count). The molecule has 0 saturated heterocycles. The summed E-state index contributed by atoms with van der Waals surface area (Å²) in [7, 11) is 1.83. The summed E-state index contributed by atoms with van der Waals surface area (Å²) in [5, 5.41) is 15.4. The van der Waals surface area contributed by atoms with Crippen molar-refractivity contribution in [3.63, 3.8) is 0 Å². The van der Waals surface area contributed by atoms with Gasteiger partial charge < -0.3 is 9.88 Å². The van der Waals surface area contributed by atoms with E-state index in [2.05, 4.69) is 25.8 Å². The lowest BCUT2D eigenvalue weighted by molar-refractivity contribution is 0.248. The van der Waals surface area contributed by atoms with Crippen LogP contribution in [0.25, 0.3) is 0 Å². The highest BCUT2D eigenvalue weighted by molar-refractivity contribution is 7.13. The second-order valence-electron chi connectivity index (χ2n) is 3.46. The highest BCUT2D eigenvalue weighted by Gasteiger charge is 2.14. The van der Waals surface area contributed by atoms with Crippen molar-refractivity contribution >= 4 is 22.5 Å².